The molecule has 0 aromatic heterocycles. The highest BCUT2D eigenvalue weighted by Crippen LogP contribution is 2.44. The number of hydrogen-bond donors (Lipinski definition) is 1. The van der Waals surface area contributed by atoms with Crippen LogP contribution in [0.3, 0.4) is 0 Å². The summed E-state index contributed by atoms with van der Waals surface area (Å²) in [5.41, 5.74) is 1.21. The van der Waals surface area contributed by atoms with Crippen molar-refractivity contribution in [3.8, 4) is 5.75 Å². The Hall–Kier alpha value is -2.66. The first-order valence-corrected chi connectivity index (χ1v) is 8.72. The van der Waals surface area contributed by atoms with E-state index in [1.807, 2.05) is 44.2 Å². The SMILES string of the molecule is CCOc1ccc(CN2C(=O)[C@](O)(CC(C)=O)c3cccc(C)c32)cc1. The molecule has 2 aromatic rings. The number of nitrogens with zero attached hydrogens (tertiary/aromatic N) is 1. The molecule has 0 fully saturated rings. The van der Waals surface area contributed by atoms with E-state index in [9.17, 15) is 14.7 Å². The number of carbonyl (C=O) groups excluding carboxylic acids is 2. The van der Waals surface area contributed by atoms with E-state index in [2.05, 4.69) is 0 Å². The van der Waals surface area contributed by atoms with Gasteiger partial charge in [0.25, 0.3) is 5.91 Å². The second kappa shape index (κ2) is 6.92. The fourth-order valence-corrected chi connectivity index (χ4v) is 3.51. The van der Waals surface area contributed by atoms with Gasteiger partial charge in [0, 0.05) is 12.0 Å². The lowest BCUT2D eigenvalue weighted by Gasteiger charge is -2.22. The number of ketones is 1. The molecule has 1 atom stereocenters. The normalized spacial score (nSPS) is 18.8. The number of rotatable bonds is 6. The number of ether oxygens (including phenoxy) is 1. The summed E-state index contributed by atoms with van der Waals surface area (Å²) in [6, 6.07) is 12.9. The Morgan fingerprint density at radius 1 is 1.19 bits per heavy atom. The zero-order chi connectivity index (χ0) is 18.9. The van der Waals surface area contributed by atoms with E-state index >= 15 is 0 Å². The van der Waals surface area contributed by atoms with Crippen LogP contribution in [0.25, 0.3) is 0 Å². The Morgan fingerprint density at radius 3 is 2.50 bits per heavy atom. The van der Waals surface area contributed by atoms with Gasteiger partial charge in [0.1, 0.15) is 11.5 Å². The third-order valence-electron chi connectivity index (χ3n) is 4.63. The maximum absolute atomic E-state index is 13.0. The predicted molar refractivity (Wildman–Crippen MR) is 99.2 cm³/mol. The second-order valence-corrected chi connectivity index (χ2v) is 6.68. The monoisotopic (exact) mass is 353 g/mol. The van der Waals surface area contributed by atoms with Crippen LogP contribution in [0.5, 0.6) is 5.75 Å². The molecule has 0 spiro atoms. The molecule has 1 amide bonds. The number of carbonyl (C=O) groups is 2. The molecule has 0 radical (unpaired) electrons. The molecule has 1 heterocycles. The van der Waals surface area contributed by atoms with Crippen LogP contribution in [0, 0.1) is 6.92 Å². The molecule has 1 N–H and O–H groups in total. The minimum absolute atomic E-state index is 0.220. The van der Waals surface area contributed by atoms with Crippen molar-refractivity contribution < 1.29 is 19.4 Å². The van der Waals surface area contributed by atoms with Gasteiger partial charge in [0.15, 0.2) is 5.60 Å². The number of hydrogen-bond acceptors (Lipinski definition) is 4. The van der Waals surface area contributed by atoms with Crippen LogP contribution in [0.4, 0.5) is 5.69 Å². The van der Waals surface area contributed by atoms with Gasteiger partial charge >= 0.3 is 0 Å². The number of benzene rings is 2. The van der Waals surface area contributed by atoms with Crippen LogP contribution in [-0.2, 0) is 21.7 Å². The zero-order valence-electron chi connectivity index (χ0n) is 15.3. The third kappa shape index (κ3) is 3.10. The quantitative estimate of drug-likeness (QED) is 0.866. The van der Waals surface area contributed by atoms with Crippen molar-refractivity contribution in [3.05, 3.63) is 59.2 Å². The van der Waals surface area contributed by atoms with Crippen molar-refractivity contribution >= 4 is 17.4 Å². The number of aliphatic hydroxyl groups is 1. The van der Waals surface area contributed by atoms with Gasteiger partial charge < -0.3 is 14.7 Å². The lowest BCUT2D eigenvalue weighted by atomic mass is 9.89. The first-order chi connectivity index (χ1) is 12.4. The molecule has 0 saturated heterocycles. The Kier molecular flexibility index (Phi) is 4.83. The molecule has 0 aliphatic carbocycles. The molecule has 5 heteroatoms. The standard InChI is InChI=1S/C21H23NO4/c1-4-26-17-10-8-16(9-11-17)13-22-19-14(2)6-5-7-18(19)21(25,20(22)24)12-15(3)23/h5-11,25H,4,12-13H2,1-3H3/t21-/m0/s1. The van der Waals surface area contributed by atoms with Crippen LogP contribution in [0.15, 0.2) is 42.5 Å². The van der Waals surface area contributed by atoms with Crippen molar-refractivity contribution in [2.75, 3.05) is 11.5 Å². The molecule has 0 saturated carbocycles. The van der Waals surface area contributed by atoms with Crippen molar-refractivity contribution in [1.29, 1.82) is 0 Å². The average molecular weight is 353 g/mol. The van der Waals surface area contributed by atoms with E-state index in [0.29, 0.717) is 24.4 Å². The summed E-state index contributed by atoms with van der Waals surface area (Å²) in [4.78, 5) is 26.3. The minimum atomic E-state index is -1.79. The van der Waals surface area contributed by atoms with Crippen LogP contribution in [0.1, 0.15) is 37.0 Å². The molecule has 136 valence electrons. The van der Waals surface area contributed by atoms with Crippen LogP contribution < -0.4 is 9.64 Å². The van der Waals surface area contributed by atoms with E-state index < -0.39 is 11.5 Å². The first kappa shape index (κ1) is 18.1. The summed E-state index contributed by atoms with van der Waals surface area (Å²) < 4.78 is 5.45. The Bertz CT molecular complexity index is 844. The molecular weight excluding hydrogens is 330 g/mol. The highest BCUT2D eigenvalue weighted by atomic mass is 16.5. The number of aryl methyl sites for hydroxylation is 1. The number of para-hydroxylation sites is 1. The van der Waals surface area contributed by atoms with Crippen LogP contribution in [-0.4, -0.2) is 23.4 Å². The highest BCUT2D eigenvalue weighted by molar-refractivity contribution is 6.09. The van der Waals surface area contributed by atoms with Crippen molar-refractivity contribution in [2.45, 2.75) is 39.3 Å². The van der Waals surface area contributed by atoms with E-state index in [-0.39, 0.29) is 12.2 Å². The highest BCUT2D eigenvalue weighted by Gasteiger charge is 2.50. The van der Waals surface area contributed by atoms with Crippen LogP contribution in [0.2, 0.25) is 0 Å². The Morgan fingerprint density at radius 2 is 1.88 bits per heavy atom. The smallest absolute Gasteiger partial charge is 0.264 e. The maximum atomic E-state index is 13.0. The fourth-order valence-electron chi connectivity index (χ4n) is 3.51. The van der Waals surface area contributed by atoms with Crippen molar-refractivity contribution in [1.82, 2.24) is 0 Å². The summed E-state index contributed by atoms with van der Waals surface area (Å²) in [5.74, 6) is 0.0933. The number of anilines is 1. The Balaban J connectivity index is 1.97. The first-order valence-electron chi connectivity index (χ1n) is 8.72. The predicted octanol–water partition coefficient (Wildman–Crippen LogP) is 3.11. The molecule has 1 aliphatic rings. The Labute approximate surface area is 153 Å². The van der Waals surface area contributed by atoms with Gasteiger partial charge in [-0.2, -0.15) is 0 Å². The van der Waals surface area contributed by atoms with Gasteiger partial charge in [-0.1, -0.05) is 30.3 Å². The molecule has 2 aromatic carbocycles. The van der Waals surface area contributed by atoms with E-state index in [1.54, 1.807) is 17.0 Å². The molecule has 3 rings (SSSR count). The lowest BCUT2D eigenvalue weighted by Crippen LogP contribution is -2.41. The van der Waals surface area contributed by atoms with Gasteiger partial charge in [0.05, 0.1) is 18.8 Å². The van der Waals surface area contributed by atoms with Crippen LogP contribution >= 0.6 is 0 Å². The molecule has 26 heavy (non-hydrogen) atoms. The van der Waals surface area contributed by atoms with Gasteiger partial charge in [0.2, 0.25) is 0 Å². The number of fused-ring (bicyclic) bond motifs is 1. The van der Waals surface area contributed by atoms with Gasteiger partial charge in [-0.05, 0) is 44.0 Å². The van der Waals surface area contributed by atoms with E-state index in [0.717, 1.165) is 16.9 Å². The topological polar surface area (TPSA) is 66.8 Å². The molecule has 5 nitrogen and oxygen atoms in total. The summed E-state index contributed by atoms with van der Waals surface area (Å²) in [5, 5.41) is 11.0. The van der Waals surface area contributed by atoms with Gasteiger partial charge in [-0.3, -0.25) is 9.59 Å². The molecular formula is C21H23NO4. The van der Waals surface area contributed by atoms with Gasteiger partial charge in [-0.25, -0.2) is 0 Å². The van der Waals surface area contributed by atoms with E-state index in [4.69, 9.17) is 4.74 Å². The minimum Gasteiger partial charge on any atom is -0.494 e. The van der Waals surface area contributed by atoms with E-state index in [1.165, 1.54) is 6.92 Å². The number of Topliss-reactive ketones (excluding diaryl/α,β-unsaturated/α-hetero) is 1. The summed E-state index contributed by atoms with van der Waals surface area (Å²) in [7, 11) is 0. The van der Waals surface area contributed by atoms with Crippen molar-refractivity contribution in [2.24, 2.45) is 0 Å². The molecule has 1 aliphatic heterocycles. The lowest BCUT2D eigenvalue weighted by molar-refractivity contribution is -0.141. The summed E-state index contributed by atoms with van der Waals surface area (Å²) in [6.45, 7) is 6.12. The second-order valence-electron chi connectivity index (χ2n) is 6.68. The van der Waals surface area contributed by atoms with Gasteiger partial charge in [-0.15, -0.1) is 0 Å². The number of amides is 1. The summed E-state index contributed by atoms with van der Waals surface area (Å²) in [6.07, 6.45) is -0.220. The summed E-state index contributed by atoms with van der Waals surface area (Å²) >= 11 is 0. The van der Waals surface area contributed by atoms with Crippen molar-refractivity contribution in [3.63, 3.8) is 0 Å². The molecule has 0 unspecified atom stereocenters. The fraction of sp³-hybridized carbons (Fsp3) is 0.333. The average Bonchev–Trinajstić information content (AvgIpc) is 2.79. The third-order valence-corrected chi connectivity index (χ3v) is 4.63. The largest absolute Gasteiger partial charge is 0.494 e. The zero-order valence-corrected chi connectivity index (χ0v) is 15.3. The molecule has 0 bridgehead atoms. The maximum Gasteiger partial charge on any atom is 0.264 e.